The average Bonchev–Trinajstić information content (AvgIpc) is 2.67. The molecule has 0 saturated carbocycles. The van der Waals surface area contributed by atoms with Gasteiger partial charge in [-0.3, -0.25) is 9.59 Å². The molecule has 1 N–H and O–H groups in total. The summed E-state index contributed by atoms with van der Waals surface area (Å²) in [6.07, 6.45) is 1.21. The lowest BCUT2D eigenvalue weighted by molar-refractivity contribution is -0.121. The lowest BCUT2D eigenvalue weighted by atomic mass is 10.0. The maximum Gasteiger partial charge on any atom is 0.220 e. The molecule has 144 valence electrons. The predicted molar refractivity (Wildman–Crippen MR) is 105 cm³/mol. The largest absolute Gasteiger partial charge is 0.354 e. The third-order valence-corrected chi connectivity index (χ3v) is 4.63. The number of likely N-dealkylation sites (N-methyl/N-ethyl adjacent to an activating group) is 1. The molecule has 2 aromatic carbocycles. The van der Waals surface area contributed by atoms with Gasteiger partial charge in [-0.2, -0.15) is 0 Å². The minimum atomic E-state index is -0.383. The molecule has 0 aliphatic carbocycles. The van der Waals surface area contributed by atoms with E-state index in [1.165, 1.54) is 29.8 Å². The summed E-state index contributed by atoms with van der Waals surface area (Å²) in [5.41, 5.74) is 2.84. The van der Waals surface area contributed by atoms with E-state index in [0.29, 0.717) is 12.1 Å². The lowest BCUT2D eigenvalue weighted by Crippen LogP contribution is -2.34. The molecule has 1 atom stereocenters. The van der Waals surface area contributed by atoms with Crippen LogP contribution in [0.2, 0.25) is 0 Å². The normalized spacial score (nSPS) is 12.0. The maximum absolute atomic E-state index is 12.9. The van der Waals surface area contributed by atoms with Crippen molar-refractivity contribution in [2.75, 3.05) is 20.6 Å². The molecule has 0 heterocycles. The predicted octanol–water partition coefficient (Wildman–Crippen LogP) is 3.77. The van der Waals surface area contributed by atoms with Gasteiger partial charge < -0.3 is 10.2 Å². The first-order chi connectivity index (χ1) is 12.9. The van der Waals surface area contributed by atoms with Gasteiger partial charge in [0.2, 0.25) is 5.91 Å². The minimum absolute atomic E-state index is 0.0626. The second kappa shape index (κ2) is 9.97. The van der Waals surface area contributed by atoms with Crippen molar-refractivity contribution in [2.24, 2.45) is 0 Å². The molecule has 1 amide bonds. The molecular weight excluding hydrogens is 343 g/mol. The fraction of sp³-hybridized carbons (Fsp3) is 0.364. The Balaban J connectivity index is 1.86. The van der Waals surface area contributed by atoms with Gasteiger partial charge in [0.1, 0.15) is 5.82 Å². The molecule has 2 rings (SSSR count). The highest BCUT2D eigenvalue weighted by Crippen LogP contribution is 2.18. The van der Waals surface area contributed by atoms with Crippen molar-refractivity contribution in [1.29, 1.82) is 0 Å². The number of carbonyl (C=O) groups is 2. The van der Waals surface area contributed by atoms with Crippen LogP contribution in [0.1, 0.15) is 47.3 Å². The van der Waals surface area contributed by atoms with E-state index in [1.807, 2.05) is 14.1 Å². The molecule has 27 heavy (non-hydrogen) atoms. The number of rotatable bonds is 9. The summed E-state index contributed by atoms with van der Waals surface area (Å²) in [5, 5.41) is 2.91. The van der Waals surface area contributed by atoms with Crippen LogP contribution in [0.3, 0.4) is 0 Å². The number of benzene rings is 2. The second-order valence-electron chi connectivity index (χ2n) is 6.81. The van der Waals surface area contributed by atoms with Crippen LogP contribution in [0.5, 0.6) is 0 Å². The third-order valence-electron chi connectivity index (χ3n) is 4.63. The summed E-state index contributed by atoms with van der Waals surface area (Å²) in [4.78, 5) is 26.3. The summed E-state index contributed by atoms with van der Waals surface area (Å²) in [7, 11) is 3.95. The molecule has 2 aromatic rings. The van der Waals surface area contributed by atoms with Crippen LogP contribution in [0, 0.1) is 5.82 Å². The number of carbonyl (C=O) groups excluding carboxylic acids is 2. The highest BCUT2D eigenvalue weighted by Gasteiger charge is 2.16. The standard InChI is InChI=1S/C22H27FN2O2/c1-4-16-5-7-17(8-6-16)20(25(2)3)15-24-22(27)14-13-21(26)18-9-11-19(23)12-10-18/h5-12,20H,4,13-15H2,1-3H3,(H,24,27). The van der Waals surface area contributed by atoms with Gasteiger partial charge in [0.15, 0.2) is 5.78 Å². The molecule has 0 saturated heterocycles. The van der Waals surface area contributed by atoms with E-state index in [0.717, 1.165) is 12.0 Å². The van der Waals surface area contributed by atoms with Crippen molar-refractivity contribution in [3.05, 3.63) is 71.0 Å². The number of halogens is 1. The highest BCUT2D eigenvalue weighted by atomic mass is 19.1. The SMILES string of the molecule is CCc1ccc(C(CNC(=O)CCC(=O)c2ccc(F)cc2)N(C)C)cc1. The van der Waals surface area contributed by atoms with E-state index in [2.05, 4.69) is 41.4 Å². The van der Waals surface area contributed by atoms with Gasteiger partial charge in [-0.05, 0) is 55.9 Å². The van der Waals surface area contributed by atoms with Gasteiger partial charge >= 0.3 is 0 Å². The zero-order chi connectivity index (χ0) is 19.8. The Bertz CT molecular complexity index is 755. The molecule has 4 nitrogen and oxygen atoms in total. The van der Waals surface area contributed by atoms with Crippen molar-refractivity contribution in [1.82, 2.24) is 10.2 Å². The molecule has 0 aromatic heterocycles. The number of nitrogens with zero attached hydrogens (tertiary/aromatic N) is 1. The van der Waals surface area contributed by atoms with Gasteiger partial charge in [-0.25, -0.2) is 4.39 Å². The quantitative estimate of drug-likeness (QED) is 0.684. The van der Waals surface area contributed by atoms with Crippen LogP contribution >= 0.6 is 0 Å². The smallest absolute Gasteiger partial charge is 0.220 e. The Labute approximate surface area is 160 Å². The van der Waals surface area contributed by atoms with Crippen LogP contribution in [0.25, 0.3) is 0 Å². The van der Waals surface area contributed by atoms with E-state index in [4.69, 9.17) is 0 Å². The number of amides is 1. The summed E-state index contributed by atoms with van der Waals surface area (Å²) in [6.45, 7) is 2.59. The van der Waals surface area contributed by atoms with Gasteiger partial charge in [0.05, 0.1) is 6.04 Å². The average molecular weight is 370 g/mol. The van der Waals surface area contributed by atoms with Gasteiger partial charge in [0, 0.05) is 24.9 Å². The van der Waals surface area contributed by atoms with Gasteiger partial charge in [0.25, 0.3) is 0 Å². The van der Waals surface area contributed by atoms with Crippen molar-refractivity contribution in [2.45, 2.75) is 32.2 Å². The molecule has 0 spiro atoms. The zero-order valence-corrected chi connectivity index (χ0v) is 16.2. The molecule has 0 aliphatic rings. The first-order valence-corrected chi connectivity index (χ1v) is 9.21. The molecular formula is C22H27FN2O2. The van der Waals surface area contributed by atoms with Gasteiger partial charge in [-0.15, -0.1) is 0 Å². The lowest BCUT2D eigenvalue weighted by Gasteiger charge is -2.25. The molecule has 0 radical (unpaired) electrons. The molecule has 1 unspecified atom stereocenters. The number of hydrogen-bond donors (Lipinski definition) is 1. The van der Waals surface area contributed by atoms with Gasteiger partial charge in [-0.1, -0.05) is 31.2 Å². The van der Waals surface area contributed by atoms with Crippen molar-refractivity contribution < 1.29 is 14.0 Å². The fourth-order valence-corrected chi connectivity index (χ4v) is 2.88. The number of aryl methyl sites for hydroxylation is 1. The molecule has 0 aliphatic heterocycles. The molecule has 0 bridgehead atoms. The van der Waals surface area contributed by atoms with E-state index in [-0.39, 0.29) is 36.4 Å². The number of nitrogens with one attached hydrogen (secondary N) is 1. The Hall–Kier alpha value is -2.53. The summed E-state index contributed by atoms with van der Waals surface area (Å²) in [5.74, 6) is -0.710. The van der Waals surface area contributed by atoms with Crippen LogP contribution < -0.4 is 5.32 Å². The number of hydrogen-bond acceptors (Lipinski definition) is 3. The van der Waals surface area contributed by atoms with Crippen LogP contribution in [-0.2, 0) is 11.2 Å². The Morgan fingerprint density at radius 3 is 2.19 bits per heavy atom. The molecule has 5 heteroatoms. The fourth-order valence-electron chi connectivity index (χ4n) is 2.88. The third kappa shape index (κ3) is 6.29. The maximum atomic E-state index is 12.9. The van der Waals surface area contributed by atoms with Crippen molar-refractivity contribution in [3.63, 3.8) is 0 Å². The van der Waals surface area contributed by atoms with Crippen molar-refractivity contribution >= 4 is 11.7 Å². The number of ketones is 1. The van der Waals surface area contributed by atoms with Crippen molar-refractivity contribution in [3.8, 4) is 0 Å². The summed E-state index contributed by atoms with van der Waals surface area (Å²) < 4.78 is 12.9. The first-order valence-electron chi connectivity index (χ1n) is 9.21. The van der Waals surface area contributed by atoms with Crippen LogP contribution in [-0.4, -0.2) is 37.2 Å². The second-order valence-corrected chi connectivity index (χ2v) is 6.81. The summed E-state index contributed by atoms with van der Waals surface area (Å²) >= 11 is 0. The summed E-state index contributed by atoms with van der Waals surface area (Å²) in [6, 6.07) is 13.8. The van der Waals surface area contributed by atoms with Crippen LogP contribution in [0.15, 0.2) is 48.5 Å². The molecule has 0 fully saturated rings. The van der Waals surface area contributed by atoms with Crippen LogP contribution in [0.4, 0.5) is 4.39 Å². The minimum Gasteiger partial charge on any atom is -0.354 e. The Morgan fingerprint density at radius 1 is 1.00 bits per heavy atom. The Morgan fingerprint density at radius 2 is 1.63 bits per heavy atom. The topological polar surface area (TPSA) is 49.4 Å². The van der Waals surface area contributed by atoms with E-state index in [9.17, 15) is 14.0 Å². The zero-order valence-electron chi connectivity index (χ0n) is 16.2. The van der Waals surface area contributed by atoms with E-state index in [1.54, 1.807) is 0 Å². The Kier molecular flexibility index (Phi) is 7.67. The highest BCUT2D eigenvalue weighted by molar-refractivity contribution is 5.97. The number of Topliss-reactive ketones (excluding diaryl/α,β-unsaturated/α-hetero) is 1. The first kappa shape index (κ1) is 20.8. The van der Waals surface area contributed by atoms with E-state index < -0.39 is 0 Å². The monoisotopic (exact) mass is 370 g/mol. The van der Waals surface area contributed by atoms with E-state index >= 15 is 0 Å².